The summed E-state index contributed by atoms with van der Waals surface area (Å²) in [5, 5.41) is 0. The molecule has 3 heterocycles. The molecule has 2 aromatic carbocycles. The Balaban J connectivity index is 1.74. The van der Waals surface area contributed by atoms with Gasteiger partial charge in [-0.1, -0.05) is 54.6 Å². The molecule has 0 fully saturated rings. The predicted molar refractivity (Wildman–Crippen MR) is 125 cm³/mol. The van der Waals surface area contributed by atoms with E-state index < -0.39 is 13.5 Å². The second-order valence-corrected chi connectivity index (χ2v) is 9.93. The van der Waals surface area contributed by atoms with Crippen LogP contribution in [0.3, 0.4) is 0 Å². The van der Waals surface area contributed by atoms with Gasteiger partial charge in [-0.05, 0) is 31.4 Å². The van der Waals surface area contributed by atoms with Gasteiger partial charge in [-0.2, -0.15) is 0 Å². The predicted octanol–water partition coefficient (Wildman–Crippen LogP) is 4.40. The van der Waals surface area contributed by atoms with Crippen LogP contribution in [0.2, 0.25) is 0 Å². The Morgan fingerprint density at radius 2 is 1.52 bits per heavy atom. The van der Waals surface area contributed by atoms with Gasteiger partial charge in [0, 0.05) is 12.1 Å². The second-order valence-electron chi connectivity index (χ2n) is 8.00. The van der Waals surface area contributed by atoms with E-state index in [1.807, 2.05) is 59.2 Å². The molecule has 0 saturated carbocycles. The molecule has 33 heavy (non-hydrogen) atoms. The highest BCUT2D eigenvalue weighted by atomic mass is 31.2. The first-order valence-electron chi connectivity index (χ1n) is 11.1. The first-order valence-corrected chi connectivity index (χ1v) is 12.7. The number of amides is 2. The van der Waals surface area contributed by atoms with Gasteiger partial charge in [0.05, 0.1) is 36.6 Å². The molecule has 0 unspecified atom stereocenters. The molecule has 2 amide bonds. The lowest BCUT2D eigenvalue weighted by molar-refractivity contribution is 0.0641. The van der Waals surface area contributed by atoms with Gasteiger partial charge in [0.2, 0.25) is 0 Å². The molecule has 0 saturated heterocycles. The average Bonchev–Trinajstić information content (AvgIpc) is 3.29. The lowest BCUT2D eigenvalue weighted by Gasteiger charge is -2.26. The van der Waals surface area contributed by atoms with Crippen LogP contribution in [0.5, 0.6) is 0 Å². The Morgan fingerprint density at radius 1 is 0.879 bits per heavy atom. The van der Waals surface area contributed by atoms with Crippen LogP contribution in [0.25, 0.3) is 11.3 Å². The fourth-order valence-electron chi connectivity index (χ4n) is 4.77. The van der Waals surface area contributed by atoms with Crippen LogP contribution < -0.4 is 5.44 Å². The summed E-state index contributed by atoms with van der Waals surface area (Å²) in [5.41, 5.74) is 4.04. The normalized spacial score (nSPS) is 14.9. The first kappa shape index (κ1) is 21.8. The van der Waals surface area contributed by atoms with Crippen molar-refractivity contribution in [3.05, 3.63) is 76.9 Å². The van der Waals surface area contributed by atoms with Crippen molar-refractivity contribution in [3.63, 3.8) is 0 Å². The number of carbonyl (C=O) groups excluding carboxylic acids is 2. The van der Waals surface area contributed by atoms with Crippen molar-refractivity contribution in [2.45, 2.75) is 33.4 Å². The molecule has 7 nitrogen and oxygen atoms in total. The smallest absolute Gasteiger partial charge is 0.333 e. The van der Waals surface area contributed by atoms with Crippen molar-refractivity contribution in [3.8, 4) is 11.3 Å². The zero-order chi connectivity index (χ0) is 23.2. The van der Waals surface area contributed by atoms with E-state index >= 15 is 0 Å². The maximum Gasteiger partial charge on any atom is 0.378 e. The van der Waals surface area contributed by atoms with E-state index in [9.17, 15) is 14.2 Å². The summed E-state index contributed by atoms with van der Waals surface area (Å²) in [7, 11) is -3.85. The number of benzene rings is 2. The zero-order valence-corrected chi connectivity index (χ0v) is 19.5. The number of imide groups is 1. The van der Waals surface area contributed by atoms with E-state index in [-0.39, 0.29) is 42.2 Å². The van der Waals surface area contributed by atoms with E-state index in [1.54, 1.807) is 13.8 Å². The molecule has 0 aliphatic carbocycles. The van der Waals surface area contributed by atoms with Gasteiger partial charge in [0.1, 0.15) is 5.44 Å². The minimum absolute atomic E-state index is 0.140. The lowest BCUT2D eigenvalue weighted by Crippen LogP contribution is -2.34. The van der Waals surface area contributed by atoms with Gasteiger partial charge in [-0.3, -0.25) is 19.1 Å². The van der Waals surface area contributed by atoms with Crippen molar-refractivity contribution in [1.29, 1.82) is 0 Å². The van der Waals surface area contributed by atoms with Gasteiger partial charge in [0.15, 0.2) is 0 Å². The summed E-state index contributed by atoms with van der Waals surface area (Å²) in [6, 6.07) is 17.2. The summed E-state index contributed by atoms with van der Waals surface area (Å²) in [6.07, 6.45) is 0.693. The van der Waals surface area contributed by atoms with Crippen molar-refractivity contribution in [1.82, 2.24) is 9.47 Å². The van der Waals surface area contributed by atoms with Gasteiger partial charge >= 0.3 is 7.60 Å². The summed E-state index contributed by atoms with van der Waals surface area (Å²) >= 11 is 0. The molecule has 0 bridgehead atoms. The lowest BCUT2D eigenvalue weighted by atomic mass is 9.96. The summed E-state index contributed by atoms with van der Waals surface area (Å²) in [5.74, 6) is -0.849. The van der Waals surface area contributed by atoms with E-state index in [1.165, 1.54) is 4.90 Å². The van der Waals surface area contributed by atoms with Crippen LogP contribution in [0.1, 0.15) is 45.7 Å². The quantitative estimate of drug-likeness (QED) is 0.383. The van der Waals surface area contributed by atoms with Gasteiger partial charge in [-0.25, -0.2) is 0 Å². The molecular formula is C25H25N2O5P. The standard InChI is InChI=1S/C25H25N2O5P/c1-3-31-33(30,32-4-2)25-21-20(22-19-13-9-8-12-18(19)14-15-26(22)25)23(28)27(24(21)29)16-17-10-6-5-7-11-17/h5-13H,3-4,14-16H2,1-2H3. The zero-order valence-electron chi connectivity index (χ0n) is 18.6. The molecule has 8 heteroatoms. The van der Waals surface area contributed by atoms with Crippen LogP contribution in [0.4, 0.5) is 0 Å². The number of rotatable bonds is 7. The van der Waals surface area contributed by atoms with Crippen molar-refractivity contribution >= 4 is 24.8 Å². The molecule has 0 atom stereocenters. The minimum Gasteiger partial charge on any atom is -0.333 e. The Labute approximate surface area is 192 Å². The number of aryl methyl sites for hydroxylation is 1. The van der Waals surface area contributed by atoms with E-state index in [2.05, 4.69) is 0 Å². The maximum absolute atomic E-state index is 14.0. The SMILES string of the molecule is CCOP(=O)(OCC)c1c2c(c3n1CCc1ccccc1-3)C(=O)N(Cc1ccccc1)C2=O. The third-order valence-electron chi connectivity index (χ3n) is 6.07. The fourth-order valence-corrected chi connectivity index (χ4v) is 6.75. The van der Waals surface area contributed by atoms with Crippen LogP contribution >= 0.6 is 7.60 Å². The van der Waals surface area contributed by atoms with Crippen molar-refractivity contribution in [2.24, 2.45) is 0 Å². The number of hydrogen-bond donors (Lipinski definition) is 0. The number of hydrogen-bond acceptors (Lipinski definition) is 5. The van der Waals surface area contributed by atoms with Crippen molar-refractivity contribution < 1.29 is 23.2 Å². The number of fused-ring (bicyclic) bond motifs is 5. The summed E-state index contributed by atoms with van der Waals surface area (Å²) in [6.45, 7) is 4.39. The summed E-state index contributed by atoms with van der Waals surface area (Å²) in [4.78, 5) is 28.6. The molecule has 170 valence electrons. The highest BCUT2D eigenvalue weighted by Gasteiger charge is 2.49. The molecule has 0 spiro atoms. The Morgan fingerprint density at radius 3 is 2.21 bits per heavy atom. The third kappa shape index (κ3) is 3.39. The number of carbonyl (C=O) groups is 2. The molecule has 3 aromatic rings. The molecule has 2 aliphatic rings. The molecule has 1 aromatic heterocycles. The summed E-state index contributed by atoms with van der Waals surface area (Å²) < 4.78 is 27.1. The Bertz CT molecular complexity index is 1290. The van der Waals surface area contributed by atoms with Gasteiger partial charge in [0.25, 0.3) is 11.8 Å². The van der Waals surface area contributed by atoms with Crippen molar-refractivity contribution in [2.75, 3.05) is 13.2 Å². The Kier molecular flexibility index (Phi) is 5.57. The maximum atomic E-state index is 14.0. The average molecular weight is 464 g/mol. The van der Waals surface area contributed by atoms with E-state index in [0.717, 1.165) is 16.7 Å². The van der Waals surface area contributed by atoms with E-state index in [0.29, 0.717) is 18.7 Å². The van der Waals surface area contributed by atoms with Gasteiger partial charge < -0.3 is 13.6 Å². The van der Waals surface area contributed by atoms with Gasteiger partial charge in [-0.15, -0.1) is 0 Å². The Hall–Kier alpha value is -2.99. The van der Waals surface area contributed by atoms with E-state index in [4.69, 9.17) is 9.05 Å². The molecule has 0 radical (unpaired) electrons. The number of aromatic nitrogens is 1. The molecular weight excluding hydrogens is 439 g/mol. The topological polar surface area (TPSA) is 77.8 Å². The van der Waals surface area contributed by atoms with Crippen LogP contribution in [-0.4, -0.2) is 34.5 Å². The van der Waals surface area contributed by atoms with Crippen LogP contribution in [0, 0.1) is 0 Å². The first-order chi connectivity index (χ1) is 16.0. The molecule has 0 N–H and O–H groups in total. The number of nitrogens with zero attached hydrogens (tertiary/aromatic N) is 2. The van der Waals surface area contributed by atoms with Crippen LogP contribution in [-0.2, 0) is 33.1 Å². The largest absolute Gasteiger partial charge is 0.378 e. The second kappa shape index (κ2) is 8.41. The highest BCUT2D eigenvalue weighted by Crippen LogP contribution is 2.52. The van der Waals surface area contributed by atoms with Crippen LogP contribution in [0.15, 0.2) is 54.6 Å². The molecule has 5 rings (SSSR count). The minimum atomic E-state index is -3.85. The highest BCUT2D eigenvalue weighted by molar-refractivity contribution is 7.62. The third-order valence-corrected chi connectivity index (χ3v) is 8.25. The fraction of sp³-hybridized carbons (Fsp3) is 0.280. The molecule has 2 aliphatic heterocycles. The monoisotopic (exact) mass is 464 g/mol.